The zero-order chi connectivity index (χ0) is 55.2. The molecule has 9 aromatic carbocycles. The first-order valence-electron chi connectivity index (χ1n) is 26.2. The van der Waals surface area contributed by atoms with Gasteiger partial charge in [-0.1, -0.05) is 237 Å². The third-order valence-electron chi connectivity index (χ3n) is 14.1. The van der Waals surface area contributed by atoms with Crippen LogP contribution >= 0.6 is 0 Å². The van der Waals surface area contributed by atoms with Crippen LogP contribution < -0.4 is 58.1 Å². The van der Waals surface area contributed by atoms with E-state index < -0.39 is 89.2 Å². The average Bonchev–Trinajstić information content (AvgIpc) is 3.57. The molecule has 25 heteroatoms. The van der Waals surface area contributed by atoms with Gasteiger partial charge in [0.05, 0.1) is 0 Å². The monoisotopic (exact) mass is 1240 g/mol. The maximum absolute atomic E-state index is 8.46. The number of anilines is 2. The van der Waals surface area contributed by atoms with Crippen LogP contribution in [-0.4, -0.2) is 89.2 Å². The van der Waals surface area contributed by atoms with Crippen LogP contribution in [0.4, 0.5) is 11.4 Å². The van der Waals surface area contributed by atoms with Crippen LogP contribution in [-0.2, 0) is 53.5 Å². The highest BCUT2D eigenvalue weighted by Gasteiger charge is 2.78. The molecule has 4 aliphatic rings. The third kappa shape index (κ3) is 10.3. The van der Waals surface area contributed by atoms with Gasteiger partial charge < -0.3 is 65.0 Å². The Morgan fingerprint density at radius 1 is 0.272 bits per heavy atom. The third-order valence-corrected chi connectivity index (χ3v) is 51.7. The SMILES string of the molecule is C[Si@]1(c2ccc(N)cc2)O[Si]2(c3ccccc3)O[Si](c3ccccc3)O[Si]3(c4ccccc4)O[Si](c4ccccc4)(O[Si]4(c5ccccc5)O[Si](c5ccccc5)(O[Si]O[Si@@](C)(c5ccc(N)cc5)O[Si](c5ccccc5)(O3)O4)O2)O1. The van der Waals surface area contributed by atoms with E-state index in [2.05, 4.69) is 0 Å². The maximum atomic E-state index is 8.46. The fraction of sp³-hybridized carbons (Fsp3) is 0.0357. The molecule has 0 amide bonds. The van der Waals surface area contributed by atoms with Gasteiger partial charge in [0.2, 0.25) is 0 Å². The average molecular weight is 1240 g/mol. The van der Waals surface area contributed by atoms with E-state index in [-0.39, 0.29) is 0 Å². The molecule has 4 saturated heterocycles. The first-order chi connectivity index (χ1) is 39.4. The molecule has 4 aliphatic heterocycles. The molecular weight excluding hydrogens is 1190 g/mol. The highest BCUT2D eigenvalue weighted by molar-refractivity contribution is 7.10. The summed E-state index contributed by atoms with van der Waals surface area (Å²) in [6, 6.07) is 82.5. The largest absolute Gasteiger partial charge is 0.515 e. The Balaban J connectivity index is 1.27. The summed E-state index contributed by atoms with van der Waals surface area (Å²) in [5.74, 6) is 0. The van der Waals surface area contributed by atoms with Crippen LogP contribution in [0.25, 0.3) is 0 Å². The molecule has 4 fully saturated rings. The summed E-state index contributed by atoms with van der Waals surface area (Å²) < 4.78 is 106. The van der Waals surface area contributed by atoms with Crippen molar-refractivity contribution in [3.05, 3.63) is 261 Å². The first kappa shape index (κ1) is 54.5. The van der Waals surface area contributed by atoms with Crippen molar-refractivity contribution in [2.75, 3.05) is 11.5 Å². The summed E-state index contributed by atoms with van der Waals surface area (Å²) in [6.07, 6.45) is 0. The second-order valence-corrected chi connectivity index (χ2v) is 46.7. The Kier molecular flexibility index (Phi) is 14.6. The van der Waals surface area contributed by atoms with Crippen molar-refractivity contribution in [3.63, 3.8) is 0 Å². The Labute approximate surface area is 483 Å². The van der Waals surface area contributed by atoms with E-state index in [1.807, 2.05) is 274 Å². The molecule has 405 valence electrons. The van der Waals surface area contributed by atoms with Crippen molar-refractivity contribution in [2.45, 2.75) is 13.1 Å². The fourth-order valence-electron chi connectivity index (χ4n) is 10.1. The second-order valence-electron chi connectivity index (χ2n) is 19.7. The highest BCUT2D eigenvalue weighted by atomic mass is 28.6. The van der Waals surface area contributed by atoms with Crippen LogP contribution in [0, 0.1) is 0 Å². The van der Waals surface area contributed by atoms with Crippen molar-refractivity contribution >= 4 is 147 Å². The molecular formula is C56H53N2O13Si10. The van der Waals surface area contributed by atoms with Gasteiger partial charge in [0.1, 0.15) is 0 Å². The molecule has 4 heterocycles. The molecule has 6 bridgehead atoms. The van der Waals surface area contributed by atoms with Gasteiger partial charge in [-0.2, -0.15) is 0 Å². The van der Waals surface area contributed by atoms with Gasteiger partial charge in [-0.3, -0.25) is 0 Å². The van der Waals surface area contributed by atoms with Gasteiger partial charge >= 0.3 is 89.2 Å². The van der Waals surface area contributed by atoms with Gasteiger partial charge in [-0.15, -0.1) is 0 Å². The van der Waals surface area contributed by atoms with E-state index in [1.165, 1.54) is 0 Å². The van der Waals surface area contributed by atoms with E-state index >= 15 is 0 Å². The molecule has 9 aromatic rings. The van der Waals surface area contributed by atoms with Crippen molar-refractivity contribution in [1.82, 2.24) is 0 Å². The molecule has 0 spiro atoms. The standard InChI is InChI=1S/C56H53N2O13Si10/c1-74(49-42-38-46(57)39-43-49)59-72-60-76(51-26-12-4-13-27-51)66-77(52-28-14-5-15-29-52)61-73(48-24-10-3-11-25-48)62-78(53-30-16-6-17-31-53)68-79(63-74,54-32-18-7-19-33-54)70-81(67-76,56-36-22-9-23-37-56)71-80(69-78,55-34-20-8-21-35-55)65-75(2,64-77)50-44-40-47(58)41-45-50/h3-45H,57-58H2,1-2H3/t74-,75+,76?,77?,78?,79?,80?,81?/m1/s1. The van der Waals surface area contributed by atoms with E-state index in [0.29, 0.717) is 58.1 Å². The predicted octanol–water partition coefficient (Wildman–Crippen LogP) is 3.39. The lowest BCUT2D eigenvalue weighted by atomic mass is 10.3. The van der Waals surface area contributed by atoms with E-state index in [1.54, 1.807) is 0 Å². The van der Waals surface area contributed by atoms with Gasteiger partial charge in [-0.25, -0.2) is 0 Å². The smallest absolute Gasteiger partial charge is 0.411 e. The Hall–Kier alpha value is -5.77. The Morgan fingerprint density at radius 2 is 0.543 bits per heavy atom. The van der Waals surface area contributed by atoms with Crippen LogP contribution in [0.2, 0.25) is 13.1 Å². The number of nitrogen functional groups attached to an aromatic ring is 2. The first-order valence-corrected chi connectivity index (χ1v) is 43.3. The molecule has 0 saturated carbocycles. The van der Waals surface area contributed by atoms with Crippen LogP contribution in [0.1, 0.15) is 0 Å². The number of rotatable bonds is 9. The zero-order valence-corrected chi connectivity index (χ0v) is 53.8. The van der Waals surface area contributed by atoms with Crippen molar-refractivity contribution in [1.29, 1.82) is 0 Å². The van der Waals surface area contributed by atoms with Crippen LogP contribution in [0.5, 0.6) is 0 Å². The summed E-state index contributed by atoms with van der Waals surface area (Å²) >= 11 is 0. The molecule has 3 radical (unpaired) electrons. The lowest BCUT2D eigenvalue weighted by molar-refractivity contribution is 0.0635. The van der Waals surface area contributed by atoms with E-state index in [9.17, 15) is 0 Å². The van der Waals surface area contributed by atoms with Crippen molar-refractivity contribution in [3.8, 4) is 0 Å². The second kappa shape index (κ2) is 21.8. The topological polar surface area (TPSA) is 172 Å². The van der Waals surface area contributed by atoms with Gasteiger partial charge in [-0.05, 0) is 52.9 Å². The highest BCUT2D eigenvalue weighted by Crippen LogP contribution is 2.42. The summed E-state index contributed by atoms with van der Waals surface area (Å²) in [4.78, 5) is 0. The number of hydrogen-bond donors (Lipinski definition) is 2. The minimum atomic E-state index is -5.11. The van der Waals surface area contributed by atoms with Crippen molar-refractivity contribution < 1.29 is 53.5 Å². The zero-order valence-electron chi connectivity index (χ0n) is 43.8. The number of fused-ring (bicyclic) bond motifs is 6. The molecule has 15 nitrogen and oxygen atoms in total. The minimum Gasteiger partial charge on any atom is -0.411 e. The molecule has 81 heavy (non-hydrogen) atoms. The van der Waals surface area contributed by atoms with Gasteiger partial charge in [0, 0.05) is 42.5 Å². The van der Waals surface area contributed by atoms with Crippen LogP contribution in [0.15, 0.2) is 261 Å². The van der Waals surface area contributed by atoms with Gasteiger partial charge in [0.25, 0.3) is 0 Å². The van der Waals surface area contributed by atoms with Gasteiger partial charge in [0.15, 0.2) is 0 Å². The molecule has 4 N–H and O–H groups in total. The number of nitrogens with two attached hydrogens (primary N) is 2. The summed E-state index contributed by atoms with van der Waals surface area (Å²) in [5, 5.41) is 5.22. The minimum absolute atomic E-state index is 0.497. The quantitative estimate of drug-likeness (QED) is 0.159. The maximum Gasteiger partial charge on any atom is 0.515 e. The fourth-order valence-corrected chi connectivity index (χ4v) is 56.6. The van der Waals surface area contributed by atoms with E-state index in [0.717, 1.165) is 0 Å². The molecule has 13 rings (SSSR count). The normalized spacial score (nSPS) is 30.6. The number of benzene rings is 9. The molecule has 0 aromatic heterocycles. The lowest BCUT2D eigenvalue weighted by Crippen LogP contribution is -2.89. The predicted molar refractivity (Wildman–Crippen MR) is 327 cm³/mol. The summed E-state index contributed by atoms with van der Waals surface area (Å²) in [5.41, 5.74) is 14.1. The lowest BCUT2D eigenvalue weighted by Gasteiger charge is -2.56. The molecule has 0 aliphatic carbocycles. The summed E-state index contributed by atoms with van der Waals surface area (Å²) in [7, 11) is -42.1. The van der Waals surface area contributed by atoms with Crippen molar-refractivity contribution in [2.24, 2.45) is 0 Å². The summed E-state index contributed by atoms with van der Waals surface area (Å²) in [6.45, 7) is 3.92. The Bertz CT molecular complexity index is 3620. The number of hydrogen-bond acceptors (Lipinski definition) is 15. The Morgan fingerprint density at radius 3 is 0.951 bits per heavy atom. The van der Waals surface area contributed by atoms with Crippen LogP contribution in [0.3, 0.4) is 0 Å². The molecule has 6 unspecified atom stereocenters. The molecule has 8 atom stereocenters. The van der Waals surface area contributed by atoms with E-state index in [4.69, 9.17) is 65.0 Å².